The molecule has 7 heteroatoms. The van der Waals surface area contributed by atoms with E-state index in [2.05, 4.69) is 32.2 Å². The number of methoxy groups -OCH3 is 1. The maximum absolute atomic E-state index is 5.49. The lowest BCUT2D eigenvalue weighted by molar-refractivity contribution is 0.186. The maximum atomic E-state index is 5.49. The Labute approximate surface area is 167 Å². The van der Waals surface area contributed by atoms with Gasteiger partial charge in [-0.2, -0.15) is 0 Å². The van der Waals surface area contributed by atoms with E-state index < -0.39 is 0 Å². The summed E-state index contributed by atoms with van der Waals surface area (Å²) in [5.41, 5.74) is 1.17. The maximum Gasteiger partial charge on any atom is 0.193 e. The summed E-state index contributed by atoms with van der Waals surface area (Å²) >= 11 is 0. The van der Waals surface area contributed by atoms with Gasteiger partial charge < -0.3 is 24.6 Å². The van der Waals surface area contributed by atoms with Gasteiger partial charge in [-0.3, -0.25) is 4.99 Å². The smallest absolute Gasteiger partial charge is 0.193 e. The average molecular weight is 460 g/mol. The number of aliphatic imine (C=N–C) groups is 1. The number of ether oxygens (including phenoxy) is 2. The standard InChI is InChI=1S/C18H28N4O2.HI/c1-19-18(20-13-15-7-12-24-14-15)22-10-8-21(9-11-22)16-5-3-4-6-17(16)23-2;/h3-6,15H,7-14H2,1-2H3,(H,19,20);1H. The van der Waals surface area contributed by atoms with Crippen molar-refractivity contribution in [3.63, 3.8) is 0 Å². The summed E-state index contributed by atoms with van der Waals surface area (Å²) in [4.78, 5) is 9.17. The highest BCUT2D eigenvalue weighted by molar-refractivity contribution is 14.0. The van der Waals surface area contributed by atoms with Crippen LogP contribution in [0.15, 0.2) is 29.3 Å². The highest BCUT2D eigenvalue weighted by Crippen LogP contribution is 2.28. The minimum Gasteiger partial charge on any atom is -0.495 e. The van der Waals surface area contributed by atoms with Gasteiger partial charge in [0.15, 0.2) is 5.96 Å². The van der Waals surface area contributed by atoms with Crippen molar-refractivity contribution in [3.8, 4) is 5.75 Å². The fourth-order valence-electron chi connectivity index (χ4n) is 3.36. The molecule has 2 aliphatic heterocycles. The van der Waals surface area contributed by atoms with Crippen LogP contribution in [0.2, 0.25) is 0 Å². The number of anilines is 1. The molecule has 2 aliphatic rings. The Balaban J connectivity index is 0.00000225. The van der Waals surface area contributed by atoms with Crippen LogP contribution in [0.3, 0.4) is 0 Å². The first-order valence-electron chi connectivity index (χ1n) is 8.73. The highest BCUT2D eigenvalue weighted by Gasteiger charge is 2.22. The molecule has 0 aromatic heterocycles. The van der Waals surface area contributed by atoms with E-state index in [-0.39, 0.29) is 24.0 Å². The van der Waals surface area contributed by atoms with E-state index in [0.717, 1.165) is 64.1 Å². The fourth-order valence-corrected chi connectivity index (χ4v) is 3.36. The molecule has 140 valence electrons. The summed E-state index contributed by atoms with van der Waals surface area (Å²) < 4.78 is 10.9. The molecule has 3 rings (SSSR count). The first-order chi connectivity index (χ1) is 11.8. The second-order valence-electron chi connectivity index (χ2n) is 6.30. The molecule has 0 amide bonds. The van der Waals surface area contributed by atoms with E-state index in [1.807, 2.05) is 19.2 Å². The lowest BCUT2D eigenvalue weighted by Gasteiger charge is -2.38. The van der Waals surface area contributed by atoms with Crippen molar-refractivity contribution in [2.24, 2.45) is 10.9 Å². The summed E-state index contributed by atoms with van der Waals surface area (Å²) in [5.74, 6) is 2.55. The van der Waals surface area contributed by atoms with Crippen LogP contribution in [-0.4, -0.2) is 71.0 Å². The van der Waals surface area contributed by atoms with Crippen molar-refractivity contribution in [2.45, 2.75) is 6.42 Å². The van der Waals surface area contributed by atoms with Gasteiger partial charge in [0.25, 0.3) is 0 Å². The Kier molecular flexibility index (Phi) is 8.08. The van der Waals surface area contributed by atoms with Crippen LogP contribution in [0.4, 0.5) is 5.69 Å². The molecule has 6 nitrogen and oxygen atoms in total. The molecule has 1 aromatic rings. The Bertz CT molecular complexity index is 556. The summed E-state index contributed by atoms with van der Waals surface area (Å²) in [7, 11) is 3.59. The van der Waals surface area contributed by atoms with E-state index in [9.17, 15) is 0 Å². The zero-order valence-corrected chi connectivity index (χ0v) is 17.4. The Morgan fingerprint density at radius 2 is 2.04 bits per heavy atom. The molecule has 0 radical (unpaired) electrons. The molecular formula is C18H29IN4O2. The Morgan fingerprint density at radius 3 is 2.68 bits per heavy atom. The molecule has 2 fully saturated rings. The molecule has 2 heterocycles. The predicted octanol–water partition coefficient (Wildman–Crippen LogP) is 2.05. The molecular weight excluding hydrogens is 431 g/mol. The molecule has 0 saturated carbocycles. The quantitative estimate of drug-likeness (QED) is 0.424. The summed E-state index contributed by atoms with van der Waals surface area (Å²) in [6.45, 7) is 6.55. The molecule has 2 saturated heterocycles. The number of para-hydroxylation sites is 2. The number of hydrogen-bond donors (Lipinski definition) is 1. The number of nitrogens with one attached hydrogen (secondary N) is 1. The average Bonchev–Trinajstić information content (AvgIpc) is 3.16. The molecule has 1 aromatic carbocycles. The zero-order valence-electron chi connectivity index (χ0n) is 15.1. The van der Waals surface area contributed by atoms with E-state index in [1.54, 1.807) is 7.11 Å². The zero-order chi connectivity index (χ0) is 16.8. The second kappa shape index (κ2) is 10.1. The topological polar surface area (TPSA) is 49.3 Å². The molecule has 1 unspecified atom stereocenters. The van der Waals surface area contributed by atoms with Gasteiger partial charge in [0, 0.05) is 52.3 Å². The van der Waals surface area contributed by atoms with Crippen molar-refractivity contribution in [2.75, 3.05) is 65.0 Å². The number of nitrogens with zero attached hydrogens (tertiary/aromatic N) is 3. The summed E-state index contributed by atoms with van der Waals surface area (Å²) in [6, 6.07) is 8.22. The number of halogens is 1. The third kappa shape index (κ3) is 5.13. The van der Waals surface area contributed by atoms with Crippen molar-refractivity contribution >= 4 is 35.6 Å². The number of guanidine groups is 1. The minimum absolute atomic E-state index is 0. The number of rotatable bonds is 4. The van der Waals surface area contributed by atoms with Gasteiger partial charge in [-0.1, -0.05) is 12.1 Å². The van der Waals surface area contributed by atoms with Crippen LogP contribution in [0, 0.1) is 5.92 Å². The largest absolute Gasteiger partial charge is 0.495 e. The van der Waals surface area contributed by atoms with Crippen LogP contribution in [0.5, 0.6) is 5.75 Å². The van der Waals surface area contributed by atoms with Gasteiger partial charge >= 0.3 is 0 Å². The van der Waals surface area contributed by atoms with Crippen LogP contribution >= 0.6 is 24.0 Å². The van der Waals surface area contributed by atoms with E-state index >= 15 is 0 Å². The minimum atomic E-state index is 0. The van der Waals surface area contributed by atoms with Gasteiger partial charge in [-0.05, 0) is 18.6 Å². The third-order valence-corrected chi connectivity index (χ3v) is 4.79. The van der Waals surface area contributed by atoms with E-state index in [4.69, 9.17) is 9.47 Å². The van der Waals surface area contributed by atoms with E-state index in [1.165, 1.54) is 5.69 Å². The van der Waals surface area contributed by atoms with Crippen LogP contribution in [0.25, 0.3) is 0 Å². The van der Waals surface area contributed by atoms with Crippen LogP contribution in [0.1, 0.15) is 6.42 Å². The lowest BCUT2D eigenvalue weighted by atomic mass is 10.1. The molecule has 0 spiro atoms. The Morgan fingerprint density at radius 1 is 1.28 bits per heavy atom. The van der Waals surface area contributed by atoms with Gasteiger partial charge in [-0.15, -0.1) is 24.0 Å². The summed E-state index contributed by atoms with van der Waals surface area (Å²) in [5, 5.41) is 3.51. The third-order valence-electron chi connectivity index (χ3n) is 4.79. The Hall–Kier alpha value is -1.22. The fraction of sp³-hybridized carbons (Fsp3) is 0.611. The van der Waals surface area contributed by atoms with Crippen LogP contribution in [-0.2, 0) is 4.74 Å². The molecule has 25 heavy (non-hydrogen) atoms. The van der Waals surface area contributed by atoms with Gasteiger partial charge in [0.1, 0.15) is 5.75 Å². The summed E-state index contributed by atoms with van der Waals surface area (Å²) in [6.07, 6.45) is 1.14. The van der Waals surface area contributed by atoms with Crippen molar-refractivity contribution in [3.05, 3.63) is 24.3 Å². The van der Waals surface area contributed by atoms with Gasteiger partial charge in [0.2, 0.25) is 0 Å². The first-order valence-corrected chi connectivity index (χ1v) is 8.73. The number of piperazine rings is 1. The number of hydrogen-bond acceptors (Lipinski definition) is 4. The van der Waals surface area contributed by atoms with Crippen LogP contribution < -0.4 is 15.0 Å². The molecule has 1 atom stereocenters. The lowest BCUT2D eigenvalue weighted by Crippen LogP contribution is -2.53. The molecule has 1 N–H and O–H groups in total. The SMILES string of the molecule is CN=C(NCC1CCOC1)N1CCN(c2ccccc2OC)CC1.I. The highest BCUT2D eigenvalue weighted by atomic mass is 127. The van der Waals surface area contributed by atoms with Crippen molar-refractivity contribution in [1.82, 2.24) is 10.2 Å². The molecule has 0 bridgehead atoms. The van der Waals surface area contributed by atoms with Crippen molar-refractivity contribution in [1.29, 1.82) is 0 Å². The number of benzene rings is 1. The normalized spacial score (nSPS) is 21.0. The first kappa shape index (κ1) is 20.1. The van der Waals surface area contributed by atoms with Crippen molar-refractivity contribution < 1.29 is 9.47 Å². The predicted molar refractivity (Wildman–Crippen MR) is 112 cm³/mol. The monoisotopic (exact) mass is 460 g/mol. The van der Waals surface area contributed by atoms with Gasteiger partial charge in [0.05, 0.1) is 19.4 Å². The van der Waals surface area contributed by atoms with Gasteiger partial charge in [-0.25, -0.2) is 0 Å². The molecule has 0 aliphatic carbocycles. The second-order valence-corrected chi connectivity index (χ2v) is 6.30. The van der Waals surface area contributed by atoms with E-state index in [0.29, 0.717) is 5.92 Å².